The lowest BCUT2D eigenvalue weighted by Gasteiger charge is -2.17. The first-order chi connectivity index (χ1) is 8.61. The van der Waals surface area contributed by atoms with E-state index in [1.165, 1.54) is 18.2 Å². The average Bonchev–Trinajstić information content (AvgIpc) is 2.74. The highest BCUT2D eigenvalue weighted by atomic mass is 16.6. The van der Waals surface area contributed by atoms with Gasteiger partial charge in [-0.05, 0) is 25.3 Å². The van der Waals surface area contributed by atoms with E-state index < -0.39 is 4.92 Å². The summed E-state index contributed by atoms with van der Waals surface area (Å²) in [5.74, 6) is 0.126. The third kappa shape index (κ3) is 2.41. The summed E-state index contributed by atoms with van der Waals surface area (Å²) in [5.41, 5.74) is 6.07. The molecule has 1 aliphatic carbocycles. The molecule has 0 heterocycles. The highest BCUT2D eigenvalue weighted by Crippen LogP contribution is 2.31. The highest BCUT2D eigenvalue weighted by Gasteiger charge is 2.28. The van der Waals surface area contributed by atoms with Crippen molar-refractivity contribution in [3.8, 4) is 11.8 Å². The minimum absolute atomic E-state index is 0.102. The fraction of sp³-hybridized carbons (Fsp3) is 0.417. The number of nitro groups is 1. The minimum Gasteiger partial charge on any atom is -0.482 e. The van der Waals surface area contributed by atoms with Gasteiger partial charge in [-0.25, -0.2) is 0 Å². The Morgan fingerprint density at radius 2 is 2.28 bits per heavy atom. The van der Waals surface area contributed by atoms with Gasteiger partial charge in [0.05, 0.1) is 16.6 Å². The van der Waals surface area contributed by atoms with Crippen molar-refractivity contribution in [2.24, 2.45) is 5.73 Å². The first kappa shape index (κ1) is 12.3. The molecule has 18 heavy (non-hydrogen) atoms. The van der Waals surface area contributed by atoms with Crippen LogP contribution in [-0.2, 0) is 0 Å². The van der Waals surface area contributed by atoms with Gasteiger partial charge in [-0.15, -0.1) is 0 Å². The van der Waals surface area contributed by atoms with Gasteiger partial charge >= 0.3 is 5.69 Å². The van der Waals surface area contributed by atoms with E-state index in [1.54, 1.807) is 0 Å². The van der Waals surface area contributed by atoms with Crippen LogP contribution in [-0.4, -0.2) is 17.1 Å². The lowest BCUT2D eigenvalue weighted by molar-refractivity contribution is -0.386. The first-order valence-electron chi connectivity index (χ1n) is 5.72. The van der Waals surface area contributed by atoms with Crippen LogP contribution >= 0.6 is 0 Å². The summed E-state index contributed by atoms with van der Waals surface area (Å²) in [5, 5.41) is 19.7. The number of nitriles is 1. The number of nitrogens with two attached hydrogens (primary N) is 1. The van der Waals surface area contributed by atoms with E-state index >= 15 is 0 Å². The molecule has 2 N–H and O–H groups in total. The molecule has 6 heteroatoms. The Hall–Kier alpha value is -2.13. The molecule has 0 spiro atoms. The van der Waals surface area contributed by atoms with Crippen molar-refractivity contribution >= 4 is 5.69 Å². The zero-order valence-electron chi connectivity index (χ0n) is 9.70. The predicted octanol–water partition coefficient (Wildman–Crippen LogP) is 1.73. The SMILES string of the molecule is N#Cc1ccc([N+](=O)[O-])c(OC2CCCC2N)c1. The van der Waals surface area contributed by atoms with Crippen LogP contribution in [0.25, 0.3) is 0 Å². The molecule has 1 aromatic rings. The molecule has 2 unspecified atom stereocenters. The average molecular weight is 247 g/mol. The largest absolute Gasteiger partial charge is 0.482 e. The zero-order valence-corrected chi connectivity index (χ0v) is 9.70. The van der Waals surface area contributed by atoms with Crippen molar-refractivity contribution in [1.29, 1.82) is 5.26 Å². The topological polar surface area (TPSA) is 102 Å². The molecule has 1 saturated carbocycles. The van der Waals surface area contributed by atoms with Gasteiger partial charge in [0.25, 0.3) is 0 Å². The molecular weight excluding hydrogens is 234 g/mol. The van der Waals surface area contributed by atoms with Crippen molar-refractivity contribution in [2.75, 3.05) is 0 Å². The summed E-state index contributed by atoms with van der Waals surface area (Å²) >= 11 is 0. The Morgan fingerprint density at radius 3 is 2.83 bits per heavy atom. The van der Waals surface area contributed by atoms with Crippen LogP contribution in [0.4, 0.5) is 5.69 Å². The van der Waals surface area contributed by atoms with Crippen LogP contribution in [0.3, 0.4) is 0 Å². The minimum atomic E-state index is -0.517. The molecule has 0 aromatic heterocycles. The summed E-state index contributed by atoms with van der Waals surface area (Å²) in [6, 6.07) is 5.91. The van der Waals surface area contributed by atoms with E-state index in [-0.39, 0.29) is 23.6 Å². The summed E-state index contributed by atoms with van der Waals surface area (Å²) in [7, 11) is 0. The van der Waals surface area contributed by atoms with Crippen molar-refractivity contribution in [3.63, 3.8) is 0 Å². The fourth-order valence-electron chi connectivity index (χ4n) is 2.09. The van der Waals surface area contributed by atoms with Gasteiger partial charge in [-0.3, -0.25) is 10.1 Å². The Labute approximate surface area is 104 Å². The molecular formula is C12H13N3O3. The van der Waals surface area contributed by atoms with Gasteiger partial charge in [0.15, 0.2) is 5.75 Å². The highest BCUT2D eigenvalue weighted by molar-refractivity contribution is 5.51. The van der Waals surface area contributed by atoms with Crippen LogP contribution in [0.15, 0.2) is 18.2 Å². The Bertz CT molecular complexity index is 510. The molecule has 2 rings (SSSR count). The Balaban J connectivity index is 2.29. The van der Waals surface area contributed by atoms with E-state index in [1.807, 2.05) is 6.07 Å². The van der Waals surface area contributed by atoms with Gasteiger partial charge in [-0.1, -0.05) is 0 Å². The standard InChI is InChI=1S/C12H13N3O3/c13-7-8-4-5-10(15(16)17)12(6-8)18-11-3-1-2-9(11)14/h4-6,9,11H,1-3,14H2. The van der Waals surface area contributed by atoms with Crippen LogP contribution in [0.1, 0.15) is 24.8 Å². The van der Waals surface area contributed by atoms with E-state index in [2.05, 4.69) is 0 Å². The molecule has 0 bridgehead atoms. The van der Waals surface area contributed by atoms with Crippen molar-refractivity contribution < 1.29 is 9.66 Å². The number of hydrogen-bond acceptors (Lipinski definition) is 5. The van der Waals surface area contributed by atoms with E-state index in [0.717, 1.165) is 19.3 Å². The predicted molar refractivity (Wildman–Crippen MR) is 64.1 cm³/mol. The van der Waals surface area contributed by atoms with Crippen LogP contribution in [0.5, 0.6) is 5.75 Å². The lowest BCUT2D eigenvalue weighted by atomic mass is 10.2. The van der Waals surface area contributed by atoms with Gasteiger partial charge in [-0.2, -0.15) is 5.26 Å². The number of benzene rings is 1. The van der Waals surface area contributed by atoms with Gasteiger partial charge < -0.3 is 10.5 Å². The van der Waals surface area contributed by atoms with Crippen molar-refractivity contribution in [2.45, 2.75) is 31.4 Å². The molecule has 2 atom stereocenters. The summed E-state index contributed by atoms with van der Waals surface area (Å²) in [6.45, 7) is 0. The lowest BCUT2D eigenvalue weighted by Crippen LogP contribution is -2.33. The van der Waals surface area contributed by atoms with Crippen molar-refractivity contribution in [3.05, 3.63) is 33.9 Å². The Kier molecular flexibility index (Phi) is 3.44. The van der Waals surface area contributed by atoms with Gasteiger partial charge in [0.1, 0.15) is 6.10 Å². The summed E-state index contributed by atoms with van der Waals surface area (Å²) < 4.78 is 5.60. The van der Waals surface area contributed by atoms with Gasteiger partial charge in [0, 0.05) is 18.2 Å². The van der Waals surface area contributed by atoms with E-state index in [9.17, 15) is 10.1 Å². The molecule has 1 fully saturated rings. The number of nitrogens with zero attached hydrogens (tertiary/aromatic N) is 2. The molecule has 0 radical (unpaired) electrons. The normalized spacial score (nSPS) is 22.4. The second kappa shape index (κ2) is 5.02. The second-order valence-corrected chi connectivity index (χ2v) is 4.30. The third-order valence-corrected chi connectivity index (χ3v) is 3.07. The number of ether oxygens (including phenoxy) is 1. The van der Waals surface area contributed by atoms with Crippen LogP contribution in [0.2, 0.25) is 0 Å². The zero-order chi connectivity index (χ0) is 13.1. The fourth-order valence-corrected chi connectivity index (χ4v) is 2.09. The quantitative estimate of drug-likeness (QED) is 0.647. The summed E-state index contributed by atoms with van der Waals surface area (Å²) in [6.07, 6.45) is 2.39. The second-order valence-electron chi connectivity index (χ2n) is 4.30. The third-order valence-electron chi connectivity index (χ3n) is 3.07. The van der Waals surface area contributed by atoms with Crippen LogP contribution in [0, 0.1) is 21.4 Å². The molecule has 6 nitrogen and oxygen atoms in total. The maximum absolute atomic E-state index is 10.9. The van der Waals surface area contributed by atoms with Crippen molar-refractivity contribution in [1.82, 2.24) is 0 Å². The molecule has 94 valence electrons. The maximum atomic E-state index is 10.9. The van der Waals surface area contributed by atoms with E-state index in [4.69, 9.17) is 15.7 Å². The maximum Gasteiger partial charge on any atom is 0.311 e. The molecule has 0 amide bonds. The molecule has 0 aliphatic heterocycles. The van der Waals surface area contributed by atoms with E-state index in [0.29, 0.717) is 5.56 Å². The first-order valence-corrected chi connectivity index (χ1v) is 5.72. The van der Waals surface area contributed by atoms with Gasteiger partial charge in [0.2, 0.25) is 0 Å². The molecule has 0 saturated heterocycles. The number of hydrogen-bond donors (Lipinski definition) is 1. The Morgan fingerprint density at radius 1 is 1.50 bits per heavy atom. The summed E-state index contributed by atoms with van der Waals surface area (Å²) in [4.78, 5) is 10.4. The number of rotatable bonds is 3. The monoisotopic (exact) mass is 247 g/mol. The molecule has 1 aromatic carbocycles. The smallest absolute Gasteiger partial charge is 0.311 e. The number of nitro benzene ring substituents is 1. The van der Waals surface area contributed by atoms with Crippen LogP contribution < -0.4 is 10.5 Å². The molecule has 1 aliphatic rings.